The van der Waals surface area contributed by atoms with Crippen LogP contribution in [0.1, 0.15) is 46.0 Å². The molecule has 4 nitrogen and oxygen atoms in total. The maximum Gasteiger partial charge on any atom is 0.221 e. The highest BCUT2D eigenvalue weighted by atomic mass is 16.1. The zero-order chi connectivity index (χ0) is 12.7. The van der Waals surface area contributed by atoms with E-state index in [2.05, 4.69) is 10.6 Å². The second-order valence-corrected chi connectivity index (χ2v) is 5.31. The SMILES string of the molecule is CC(C)NC(=O)CCNC1CCCCC1CN. The molecule has 1 amide bonds. The Kier molecular flexibility index (Phi) is 6.52. The fourth-order valence-electron chi connectivity index (χ4n) is 2.52. The molecular weight excluding hydrogens is 214 g/mol. The second-order valence-electron chi connectivity index (χ2n) is 5.31. The molecule has 0 aliphatic heterocycles. The number of amides is 1. The van der Waals surface area contributed by atoms with E-state index in [1.807, 2.05) is 13.8 Å². The Morgan fingerprint density at radius 1 is 1.35 bits per heavy atom. The fourth-order valence-corrected chi connectivity index (χ4v) is 2.52. The molecule has 1 saturated carbocycles. The summed E-state index contributed by atoms with van der Waals surface area (Å²) in [6.07, 6.45) is 5.58. The van der Waals surface area contributed by atoms with Gasteiger partial charge in [-0.3, -0.25) is 4.79 Å². The van der Waals surface area contributed by atoms with Crippen molar-refractivity contribution in [3.8, 4) is 0 Å². The number of carbonyl (C=O) groups excluding carboxylic acids is 1. The predicted octanol–water partition coefficient (Wildman–Crippen LogP) is 1.01. The van der Waals surface area contributed by atoms with Crippen LogP contribution in [0.2, 0.25) is 0 Å². The molecule has 100 valence electrons. The van der Waals surface area contributed by atoms with Gasteiger partial charge in [-0.05, 0) is 39.2 Å². The Bertz CT molecular complexity index is 231. The van der Waals surface area contributed by atoms with Crippen LogP contribution < -0.4 is 16.4 Å². The molecule has 0 heterocycles. The van der Waals surface area contributed by atoms with Gasteiger partial charge in [0.1, 0.15) is 0 Å². The summed E-state index contributed by atoms with van der Waals surface area (Å²) >= 11 is 0. The topological polar surface area (TPSA) is 67.2 Å². The molecule has 17 heavy (non-hydrogen) atoms. The van der Waals surface area contributed by atoms with Crippen LogP contribution in [0.15, 0.2) is 0 Å². The van der Waals surface area contributed by atoms with Crippen LogP contribution in [0.4, 0.5) is 0 Å². The highest BCUT2D eigenvalue weighted by Gasteiger charge is 2.23. The first-order chi connectivity index (χ1) is 8.13. The van der Waals surface area contributed by atoms with Gasteiger partial charge in [0.2, 0.25) is 5.91 Å². The van der Waals surface area contributed by atoms with Gasteiger partial charge in [-0.2, -0.15) is 0 Å². The summed E-state index contributed by atoms with van der Waals surface area (Å²) < 4.78 is 0. The first kappa shape index (κ1) is 14.5. The van der Waals surface area contributed by atoms with Crippen LogP contribution in [-0.4, -0.2) is 31.1 Å². The van der Waals surface area contributed by atoms with Crippen molar-refractivity contribution in [2.24, 2.45) is 11.7 Å². The molecule has 0 spiro atoms. The first-order valence-electron chi connectivity index (χ1n) is 6.86. The number of hydrogen-bond donors (Lipinski definition) is 3. The highest BCUT2D eigenvalue weighted by Crippen LogP contribution is 2.23. The lowest BCUT2D eigenvalue weighted by molar-refractivity contribution is -0.121. The van der Waals surface area contributed by atoms with Crippen molar-refractivity contribution >= 4 is 5.91 Å². The van der Waals surface area contributed by atoms with E-state index in [1.165, 1.54) is 25.7 Å². The van der Waals surface area contributed by atoms with E-state index in [1.54, 1.807) is 0 Å². The lowest BCUT2D eigenvalue weighted by Crippen LogP contribution is -2.43. The molecule has 4 N–H and O–H groups in total. The maximum absolute atomic E-state index is 11.5. The van der Waals surface area contributed by atoms with Gasteiger partial charge in [-0.1, -0.05) is 12.8 Å². The van der Waals surface area contributed by atoms with Gasteiger partial charge in [-0.25, -0.2) is 0 Å². The van der Waals surface area contributed by atoms with Crippen molar-refractivity contribution in [2.45, 2.75) is 58.0 Å². The molecule has 0 saturated heterocycles. The van der Waals surface area contributed by atoms with Crippen LogP contribution in [-0.2, 0) is 4.79 Å². The molecule has 0 bridgehead atoms. The van der Waals surface area contributed by atoms with E-state index in [0.717, 1.165) is 13.1 Å². The van der Waals surface area contributed by atoms with Gasteiger partial charge >= 0.3 is 0 Å². The maximum atomic E-state index is 11.5. The third-order valence-corrected chi connectivity index (χ3v) is 3.42. The molecule has 1 rings (SSSR count). The Morgan fingerprint density at radius 2 is 2.06 bits per heavy atom. The van der Waals surface area contributed by atoms with Crippen molar-refractivity contribution in [1.82, 2.24) is 10.6 Å². The number of hydrogen-bond acceptors (Lipinski definition) is 3. The van der Waals surface area contributed by atoms with Gasteiger partial charge in [0.05, 0.1) is 0 Å². The first-order valence-corrected chi connectivity index (χ1v) is 6.86. The number of nitrogens with one attached hydrogen (secondary N) is 2. The third-order valence-electron chi connectivity index (χ3n) is 3.42. The second kappa shape index (κ2) is 7.67. The summed E-state index contributed by atoms with van der Waals surface area (Å²) in [5.74, 6) is 0.726. The van der Waals surface area contributed by atoms with Crippen molar-refractivity contribution in [3.63, 3.8) is 0 Å². The monoisotopic (exact) mass is 241 g/mol. The fraction of sp³-hybridized carbons (Fsp3) is 0.923. The van der Waals surface area contributed by atoms with Crippen molar-refractivity contribution in [1.29, 1.82) is 0 Å². The Morgan fingerprint density at radius 3 is 2.71 bits per heavy atom. The largest absolute Gasteiger partial charge is 0.354 e. The number of nitrogens with two attached hydrogens (primary N) is 1. The van der Waals surface area contributed by atoms with Crippen LogP contribution in [0.25, 0.3) is 0 Å². The molecule has 1 aliphatic rings. The molecule has 2 unspecified atom stereocenters. The third kappa shape index (κ3) is 5.50. The number of rotatable bonds is 6. The van der Waals surface area contributed by atoms with Crippen molar-refractivity contribution < 1.29 is 4.79 Å². The van der Waals surface area contributed by atoms with E-state index >= 15 is 0 Å². The molecule has 0 aromatic carbocycles. The van der Waals surface area contributed by atoms with E-state index in [9.17, 15) is 4.79 Å². The molecule has 0 aromatic heterocycles. The minimum absolute atomic E-state index is 0.132. The van der Waals surface area contributed by atoms with Crippen molar-refractivity contribution in [3.05, 3.63) is 0 Å². The quantitative estimate of drug-likeness (QED) is 0.650. The van der Waals surface area contributed by atoms with E-state index in [0.29, 0.717) is 18.4 Å². The Labute approximate surface area is 105 Å². The normalized spacial score (nSPS) is 24.9. The standard InChI is InChI=1S/C13H27N3O/c1-10(2)16-13(17)7-8-15-12-6-4-3-5-11(12)9-14/h10-12,15H,3-9,14H2,1-2H3,(H,16,17). The van der Waals surface area contributed by atoms with Crippen molar-refractivity contribution in [2.75, 3.05) is 13.1 Å². The van der Waals surface area contributed by atoms with Gasteiger partial charge in [0.15, 0.2) is 0 Å². The summed E-state index contributed by atoms with van der Waals surface area (Å²) in [6, 6.07) is 0.745. The average Bonchev–Trinajstić information content (AvgIpc) is 2.28. The van der Waals surface area contributed by atoms with Gasteiger partial charge in [0.25, 0.3) is 0 Å². The zero-order valence-electron chi connectivity index (χ0n) is 11.2. The summed E-state index contributed by atoms with van der Waals surface area (Å²) in [5.41, 5.74) is 5.77. The molecule has 1 fully saturated rings. The average molecular weight is 241 g/mol. The summed E-state index contributed by atoms with van der Waals surface area (Å²) in [6.45, 7) is 5.49. The predicted molar refractivity (Wildman–Crippen MR) is 70.7 cm³/mol. The number of carbonyl (C=O) groups is 1. The van der Waals surface area contributed by atoms with E-state index < -0.39 is 0 Å². The van der Waals surface area contributed by atoms with Crippen LogP contribution >= 0.6 is 0 Å². The smallest absolute Gasteiger partial charge is 0.221 e. The van der Waals surface area contributed by atoms with Crippen LogP contribution in [0.5, 0.6) is 0 Å². The van der Waals surface area contributed by atoms with Crippen LogP contribution in [0, 0.1) is 5.92 Å². The molecule has 1 aliphatic carbocycles. The molecule has 2 atom stereocenters. The lowest BCUT2D eigenvalue weighted by atomic mass is 9.84. The van der Waals surface area contributed by atoms with Crippen LogP contribution in [0.3, 0.4) is 0 Å². The summed E-state index contributed by atoms with van der Waals surface area (Å²) in [4.78, 5) is 11.5. The zero-order valence-corrected chi connectivity index (χ0v) is 11.2. The molecule has 0 radical (unpaired) electrons. The molecule has 0 aromatic rings. The molecular formula is C13H27N3O. The minimum Gasteiger partial charge on any atom is -0.354 e. The Hall–Kier alpha value is -0.610. The van der Waals surface area contributed by atoms with E-state index in [4.69, 9.17) is 5.73 Å². The Balaban J connectivity index is 2.18. The minimum atomic E-state index is 0.132. The summed E-state index contributed by atoms with van der Waals surface area (Å²) in [7, 11) is 0. The van der Waals surface area contributed by atoms with Gasteiger partial charge < -0.3 is 16.4 Å². The van der Waals surface area contributed by atoms with E-state index in [-0.39, 0.29) is 11.9 Å². The van der Waals surface area contributed by atoms with Gasteiger partial charge in [-0.15, -0.1) is 0 Å². The highest BCUT2D eigenvalue weighted by molar-refractivity contribution is 5.76. The lowest BCUT2D eigenvalue weighted by Gasteiger charge is -2.31. The summed E-state index contributed by atoms with van der Waals surface area (Å²) in [5, 5.41) is 6.39. The van der Waals surface area contributed by atoms with Gasteiger partial charge in [0, 0.05) is 25.0 Å². The molecule has 4 heteroatoms.